The molecule has 0 aliphatic carbocycles. The Labute approximate surface area is 374 Å². The second kappa shape index (κ2) is 48.3. The minimum atomic E-state index is 0. The molecule has 3 heterocycles. The molecule has 0 bridgehead atoms. The smallest absolute Gasteiger partial charge is 0.225 e. The molecule has 4 nitrogen and oxygen atoms in total. The normalized spacial score (nSPS) is 8.71. The van der Waals surface area contributed by atoms with E-state index in [2.05, 4.69) is 45.3 Å². The van der Waals surface area contributed by atoms with Crippen LogP contribution in [0.15, 0.2) is 137 Å². The van der Waals surface area contributed by atoms with Crippen LogP contribution in [0.1, 0.15) is 95.1 Å². The molecule has 8 heteroatoms. The van der Waals surface area contributed by atoms with Crippen molar-refractivity contribution in [3.8, 4) is 22.0 Å². The fraction of sp³-hybridized carbons (Fsp3) is 0.325. The van der Waals surface area contributed by atoms with E-state index in [-0.39, 0.29) is 98.1 Å². The second-order valence-corrected chi connectivity index (χ2v) is 7.83. The van der Waals surface area contributed by atoms with Crippen molar-refractivity contribution in [2.75, 3.05) is 0 Å². The summed E-state index contributed by atoms with van der Waals surface area (Å²) in [7, 11) is 0. The molecule has 1 aliphatic rings. The molecule has 2 aromatic heterocycles. The van der Waals surface area contributed by atoms with E-state index in [1.54, 1.807) is 23.8 Å². The van der Waals surface area contributed by atoms with Crippen LogP contribution in [-0.2, 0) is 98.1 Å². The summed E-state index contributed by atoms with van der Waals surface area (Å²) in [5.41, 5.74) is 4.61. The molecule has 0 fully saturated rings. The van der Waals surface area contributed by atoms with Gasteiger partial charge in [0, 0.05) is 133 Å². The standard InChI is InChI=1S/C10H9N.C9H7NO.C9H7NS.6C2H6.3Y/c1-2-5-9(6-3-1)10-7-4-8-11-10;2*1-2-4-8(5-3-1)9-10-6-7-11-9;6*1-2;;;/h1-6,8H,7H2;2*1-7H;6*1-2H3;;;. The van der Waals surface area contributed by atoms with E-state index in [1.807, 2.05) is 168 Å². The van der Waals surface area contributed by atoms with Crippen LogP contribution in [0.4, 0.5) is 0 Å². The third-order valence-electron chi connectivity index (χ3n) is 4.66. The third kappa shape index (κ3) is 28.0. The molecule has 0 atom stereocenters. The Morgan fingerprint density at radius 2 is 0.958 bits per heavy atom. The number of aliphatic imine (C=N–C) groups is 1. The fourth-order valence-corrected chi connectivity index (χ4v) is 3.72. The quantitative estimate of drug-likeness (QED) is 0.181. The zero-order valence-corrected chi connectivity index (χ0v) is 41.1. The summed E-state index contributed by atoms with van der Waals surface area (Å²) < 4.78 is 5.11. The summed E-state index contributed by atoms with van der Waals surface area (Å²) in [6.07, 6.45) is 9.95. The molecule has 0 amide bonds. The molecule has 1 aliphatic heterocycles. The Bertz CT molecular complexity index is 1200. The number of rotatable bonds is 3. The topological polar surface area (TPSA) is 51.3 Å². The van der Waals surface area contributed by atoms with E-state index in [0.717, 1.165) is 17.0 Å². The van der Waals surface area contributed by atoms with Crippen molar-refractivity contribution >= 4 is 17.0 Å². The number of allylic oxidation sites excluding steroid dienone is 1. The predicted octanol–water partition coefficient (Wildman–Crippen LogP) is 13.7. The number of benzene rings is 3. The van der Waals surface area contributed by atoms with E-state index in [0.29, 0.717) is 5.89 Å². The van der Waals surface area contributed by atoms with Gasteiger partial charge in [-0.2, -0.15) is 0 Å². The Morgan fingerprint density at radius 3 is 1.31 bits per heavy atom. The van der Waals surface area contributed by atoms with Crippen molar-refractivity contribution in [2.24, 2.45) is 4.99 Å². The molecule has 0 saturated carbocycles. The average molecular weight is 897 g/mol. The first-order valence-electron chi connectivity index (χ1n) is 16.6. The van der Waals surface area contributed by atoms with Crippen LogP contribution in [0.25, 0.3) is 22.0 Å². The fourth-order valence-electron chi connectivity index (χ4n) is 3.08. The number of nitrogens with zero attached hydrogens (tertiary/aromatic N) is 3. The summed E-state index contributed by atoms with van der Waals surface area (Å²) in [5, 5.41) is 3.08. The van der Waals surface area contributed by atoms with Crippen LogP contribution in [0.2, 0.25) is 0 Å². The Morgan fingerprint density at radius 1 is 0.521 bits per heavy atom. The van der Waals surface area contributed by atoms with E-state index in [9.17, 15) is 0 Å². The van der Waals surface area contributed by atoms with Gasteiger partial charge >= 0.3 is 0 Å². The summed E-state index contributed by atoms with van der Waals surface area (Å²) in [6, 6.07) is 30.3. The summed E-state index contributed by atoms with van der Waals surface area (Å²) in [5.74, 6) is 0.672. The molecular formula is C40H59N3OSY3. The number of hydrogen-bond acceptors (Lipinski definition) is 5. The maximum atomic E-state index is 5.11. The first-order chi connectivity index (χ1) is 22.4. The van der Waals surface area contributed by atoms with Gasteiger partial charge in [-0.1, -0.05) is 168 Å². The Kier molecular flexibility index (Phi) is 59.8. The predicted molar refractivity (Wildman–Crippen MR) is 204 cm³/mol. The number of hydrogen-bond donors (Lipinski definition) is 0. The first-order valence-corrected chi connectivity index (χ1v) is 17.4. The molecule has 48 heavy (non-hydrogen) atoms. The van der Waals surface area contributed by atoms with Crippen LogP contribution >= 0.6 is 11.3 Å². The number of thiazole rings is 1. The molecule has 3 aromatic carbocycles. The zero-order valence-electron chi connectivity index (χ0n) is 31.7. The van der Waals surface area contributed by atoms with Crippen molar-refractivity contribution in [1.29, 1.82) is 0 Å². The van der Waals surface area contributed by atoms with Crippen molar-refractivity contribution in [1.82, 2.24) is 9.97 Å². The molecular weight excluding hydrogens is 837 g/mol. The minimum Gasteiger partial charge on any atom is -0.445 e. The Balaban J connectivity index is -0.000000116. The first kappa shape index (κ1) is 59.4. The van der Waals surface area contributed by atoms with Gasteiger partial charge in [-0.05, 0) is 17.7 Å². The molecule has 255 valence electrons. The summed E-state index contributed by atoms with van der Waals surface area (Å²) >= 11 is 1.66. The minimum absolute atomic E-state index is 0. The van der Waals surface area contributed by atoms with Gasteiger partial charge in [-0.15, -0.1) is 11.3 Å². The molecule has 0 N–H and O–H groups in total. The Hall–Kier alpha value is -0.778. The van der Waals surface area contributed by atoms with E-state index in [1.165, 1.54) is 16.8 Å². The van der Waals surface area contributed by atoms with Crippen LogP contribution in [0.3, 0.4) is 0 Å². The van der Waals surface area contributed by atoms with Crippen LogP contribution in [-0.4, -0.2) is 15.7 Å². The van der Waals surface area contributed by atoms with E-state index >= 15 is 0 Å². The molecule has 0 unspecified atom stereocenters. The molecule has 0 spiro atoms. The average Bonchev–Trinajstić information content (AvgIpc) is 4.01. The zero-order chi connectivity index (χ0) is 34.6. The van der Waals surface area contributed by atoms with Crippen molar-refractivity contribution < 1.29 is 103 Å². The summed E-state index contributed by atoms with van der Waals surface area (Å²) in [4.78, 5) is 12.5. The van der Waals surface area contributed by atoms with Crippen LogP contribution in [0.5, 0.6) is 0 Å². The van der Waals surface area contributed by atoms with E-state index in [4.69, 9.17) is 4.42 Å². The van der Waals surface area contributed by atoms with Gasteiger partial charge in [0.2, 0.25) is 5.89 Å². The molecule has 3 radical (unpaired) electrons. The van der Waals surface area contributed by atoms with Gasteiger partial charge < -0.3 is 4.42 Å². The van der Waals surface area contributed by atoms with Gasteiger partial charge in [0.05, 0.1) is 11.9 Å². The molecule has 5 aromatic rings. The van der Waals surface area contributed by atoms with Crippen molar-refractivity contribution in [3.05, 3.63) is 133 Å². The summed E-state index contributed by atoms with van der Waals surface area (Å²) in [6.45, 7) is 24.0. The maximum absolute atomic E-state index is 5.11. The number of aromatic nitrogens is 2. The van der Waals surface area contributed by atoms with Gasteiger partial charge in [0.15, 0.2) is 0 Å². The molecule has 6 rings (SSSR count). The van der Waals surface area contributed by atoms with E-state index < -0.39 is 0 Å². The van der Waals surface area contributed by atoms with Gasteiger partial charge in [-0.3, -0.25) is 4.99 Å². The van der Waals surface area contributed by atoms with Crippen LogP contribution in [0, 0.1) is 0 Å². The van der Waals surface area contributed by atoms with Crippen molar-refractivity contribution in [2.45, 2.75) is 89.5 Å². The van der Waals surface area contributed by atoms with Crippen molar-refractivity contribution in [3.63, 3.8) is 0 Å². The number of oxazole rings is 1. The SMILES string of the molecule is C1=CN=C(c2ccccc2)C1.CC.CC.CC.CC.CC.CC.[Y].[Y].[Y].c1ccc(-c2ncco2)cc1.c1ccc(-c2nccs2)cc1. The second-order valence-electron chi connectivity index (χ2n) is 6.94. The van der Waals surface area contributed by atoms with Gasteiger partial charge in [0.1, 0.15) is 11.3 Å². The monoisotopic (exact) mass is 896 g/mol. The van der Waals surface area contributed by atoms with Crippen LogP contribution < -0.4 is 0 Å². The van der Waals surface area contributed by atoms with Gasteiger partial charge in [0.25, 0.3) is 0 Å². The van der Waals surface area contributed by atoms with Gasteiger partial charge in [-0.25, -0.2) is 9.97 Å². The largest absolute Gasteiger partial charge is 0.445 e. The molecule has 0 saturated heterocycles. The third-order valence-corrected chi connectivity index (χ3v) is 5.48. The maximum Gasteiger partial charge on any atom is 0.225 e.